The maximum atomic E-state index is 12.0. The molecule has 12 heteroatoms. The van der Waals surface area contributed by atoms with E-state index in [0.29, 0.717) is 29.7 Å². The van der Waals surface area contributed by atoms with E-state index in [1.165, 1.54) is 13.2 Å². The molecule has 0 radical (unpaired) electrons. The first-order valence-electron chi connectivity index (χ1n) is 9.28. The van der Waals surface area contributed by atoms with E-state index in [2.05, 4.69) is 0 Å². The molecule has 0 fully saturated rings. The molecular weight excluding hydrogens is 475 g/mol. The van der Waals surface area contributed by atoms with Crippen molar-refractivity contribution in [3.8, 4) is 5.75 Å². The summed E-state index contributed by atoms with van der Waals surface area (Å²) in [5.41, 5.74) is 13.1. The summed E-state index contributed by atoms with van der Waals surface area (Å²) >= 11 is 11.0. The molecule has 0 saturated carbocycles. The minimum Gasteiger partial charge on any atom is -0.494 e. The highest BCUT2D eigenvalue weighted by Crippen LogP contribution is 2.34. The van der Waals surface area contributed by atoms with E-state index in [1.54, 1.807) is 0 Å². The highest BCUT2D eigenvalue weighted by Gasteiger charge is 2.21. The molecule has 30 heavy (non-hydrogen) atoms. The zero-order chi connectivity index (χ0) is 22.9. The van der Waals surface area contributed by atoms with Crippen LogP contribution < -0.4 is 16.2 Å². The van der Waals surface area contributed by atoms with E-state index in [1.807, 2.05) is 0 Å². The molecule has 0 aromatic heterocycles. The molecule has 1 rings (SSSR count). The summed E-state index contributed by atoms with van der Waals surface area (Å²) in [4.78, 5) is 12.0. The zero-order valence-electron chi connectivity index (χ0n) is 16.8. The van der Waals surface area contributed by atoms with Crippen LogP contribution in [-0.4, -0.2) is 64.6 Å². The van der Waals surface area contributed by atoms with Gasteiger partial charge in [-0.3, -0.25) is 4.79 Å². The number of carbonyl (C=O) groups excluding carboxylic acids is 1. The number of amides is 1. The Morgan fingerprint density at radius 1 is 0.967 bits per heavy atom. The number of aryl methyl sites for hydroxylation is 1. The molecule has 8 nitrogen and oxygen atoms in total. The molecular formula is C18H28Cl2N2O6S2. The molecule has 0 aliphatic rings. The molecule has 0 heterocycles. The Bertz CT molecular complexity index is 950. The predicted molar refractivity (Wildman–Crippen MR) is 121 cm³/mol. The summed E-state index contributed by atoms with van der Waals surface area (Å²) in [6, 6.07) is 1.54. The second-order valence-corrected chi connectivity index (χ2v) is 12.1. The van der Waals surface area contributed by atoms with Crippen LogP contribution in [0.1, 0.15) is 34.3 Å². The number of benzene rings is 1. The Morgan fingerprint density at radius 2 is 1.47 bits per heavy atom. The molecule has 4 N–H and O–H groups in total. The van der Waals surface area contributed by atoms with Crippen LogP contribution in [0.25, 0.3) is 0 Å². The third-order valence-electron chi connectivity index (χ3n) is 4.53. The van der Waals surface area contributed by atoms with E-state index in [9.17, 15) is 21.6 Å². The van der Waals surface area contributed by atoms with Gasteiger partial charge < -0.3 is 16.2 Å². The third-order valence-corrected chi connectivity index (χ3v) is 8.83. The van der Waals surface area contributed by atoms with E-state index in [4.69, 9.17) is 39.4 Å². The number of carbonyl (C=O) groups is 1. The Kier molecular flexibility index (Phi) is 10.7. The van der Waals surface area contributed by atoms with Gasteiger partial charge >= 0.3 is 0 Å². The van der Waals surface area contributed by atoms with Crippen molar-refractivity contribution in [2.75, 3.05) is 47.6 Å². The number of sulfone groups is 2. The number of hydrogen-bond donors (Lipinski definition) is 2. The van der Waals surface area contributed by atoms with Crippen molar-refractivity contribution in [3.63, 3.8) is 0 Å². The SMILES string of the molecule is COc1c(CCCS(=O)(=O)CCCl)cc(C(N)=O)c(CCCS(=O)(=O)CCCl)c1N. The quantitative estimate of drug-likeness (QED) is 0.289. The number of methoxy groups -OCH3 is 1. The topological polar surface area (TPSA) is 147 Å². The molecule has 1 amide bonds. The number of halogens is 2. The molecule has 0 spiro atoms. The zero-order valence-corrected chi connectivity index (χ0v) is 20.0. The smallest absolute Gasteiger partial charge is 0.249 e. The van der Waals surface area contributed by atoms with Crippen molar-refractivity contribution in [1.82, 2.24) is 0 Å². The fraction of sp³-hybridized carbons (Fsp3) is 0.611. The first kappa shape index (κ1) is 26.8. The molecule has 1 aromatic carbocycles. The average molecular weight is 503 g/mol. The summed E-state index contributed by atoms with van der Waals surface area (Å²) in [5.74, 6) is -0.727. The van der Waals surface area contributed by atoms with Gasteiger partial charge in [-0.1, -0.05) is 0 Å². The number of ether oxygens (including phenoxy) is 1. The maximum absolute atomic E-state index is 12.0. The summed E-state index contributed by atoms with van der Waals surface area (Å²) < 4.78 is 52.8. The molecule has 0 bridgehead atoms. The van der Waals surface area contributed by atoms with Crippen molar-refractivity contribution < 1.29 is 26.4 Å². The highest BCUT2D eigenvalue weighted by molar-refractivity contribution is 7.91. The monoisotopic (exact) mass is 502 g/mol. The van der Waals surface area contributed by atoms with Crippen LogP contribution in [-0.2, 0) is 32.5 Å². The summed E-state index contributed by atoms with van der Waals surface area (Å²) in [6.45, 7) is 0. The van der Waals surface area contributed by atoms with Gasteiger partial charge in [-0.2, -0.15) is 0 Å². The average Bonchev–Trinajstić information content (AvgIpc) is 2.62. The summed E-state index contributed by atoms with van der Waals surface area (Å²) in [6.07, 6.45) is 1.05. The Balaban J connectivity index is 3.10. The van der Waals surface area contributed by atoms with E-state index in [-0.39, 0.29) is 58.9 Å². The lowest BCUT2D eigenvalue weighted by Crippen LogP contribution is -2.18. The van der Waals surface area contributed by atoms with E-state index >= 15 is 0 Å². The molecule has 172 valence electrons. The fourth-order valence-corrected chi connectivity index (χ4v) is 6.55. The highest BCUT2D eigenvalue weighted by atomic mass is 35.5. The second-order valence-electron chi connectivity index (χ2n) is 6.76. The number of rotatable bonds is 14. The molecule has 0 aliphatic heterocycles. The van der Waals surface area contributed by atoms with Gasteiger partial charge in [-0.25, -0.2) is 16.8 Å². The van der Waals surface area contributed by atoms with Crippen LogP contribution in [0.2, 0.25) is 0 Å². The van der Waals surface area contributed by atoms with Gasteiger partial charge in [0, 0.05) is 17.3 Å². The number of alkyl halides is 2. The Hall–Kier alpha value is -1.23. The van der Waals surface area contributed by atoms with Crippen LogP contribution >= 0.6 is 23.2 Å². The van der Waals surface area contributed by atoms with Crippen LogP contribution in [0.3, 0.4) is 0 Å². The Labute approximate surface area is 188 Å². The lowest BCUT2D eigenvalue weighted by atomic mass is 9.95. The lowest BCUT2D eigenvalue weighted by Gasteiger charge is -2.18. The van der Waals surface area contributed by atoms with Gasteiger partial charge in [0.15, 0.2) is 19.7 Å². The van der Waals surface area contributed by atoms with Gasteiger partial charge in [-0.15, -0.1) is 23.2 Å². The summed E-state index contributed by atoms with van der Waals surface area (Å²) in [5, 5.41) is 0. The third kappa shape index (κ3) is 8.13. The minimum absolute atomic E-state index is 0.0140. The van der Waals surface area contributed by atoms with Crippen LogP contribution in [0.4, 0.5) is 5.69 Å². The van der Waals surface area contributed by atoms with Crippen LogP contribution in [0, 0.1) is 0 Å². The standard InChI is InChI=1S/C18H28Cl2N2O6S2/c1-28-17-13(4-2-8-29(24,25)10-6-19)12-15(18(22)23)14(16(17)21)5-3-9-30(26,27)11-7-20/h12H,2-11,21H2,1H3,(H2,22,23). The van der Waals surface area contributed by atoms with Crippen LogP contribution in [0.15, 0.2) is 6.07 Å². The minimum atomic E-state index is -3.29. The first-order chi connectivity index (χ1) is 14.0. The fourth-order valence-electron chi connectivity index (χ4n) is 3.09. The number of anilines is 1. The molecule has 0 aliphatic carbocycles. The predicted octanol–water partition coefficient (Wildman–Crippen LogP) is 1.55. The van der Waals surface area contributed by atoms with Gasteiger partial charge in [0.1, 0.15) is 5.75 Å². The first-order valence-corrected chi connectivity index (χ1v) is 14.0. The largest absolute Gasteiger partial charge is 0.494 e. The Morgan fingerprint density at radius 3 is 1.90 bits per heavy atom. The van der Waals surface area contributed by atoms with Crippen molar-refractivity contribution in [2.45, 2.75) is 25.7 Å². The number of nitrogens with two attached hydrogens (primary N) is 2. The molecule has 0 unspecified atom stereocenters. The van der Waals surface area contributed by atoms with E-state index < -0.39 is 25.6 Å². The molecule has 0 atom stereocenters. The van der Waals surface area contributed by atoms with Gasteiger partial charge in [-0.05, 0) is 42.9 Å². The lowest BCUT2D eigenvalue weighted by molar-refractivity contribution is 0.0999. The van der Waals surface area contributed by atoms with Crippen molar-refractivity contribution in [2.24, 2.45) is 5.73 Å². The number of nitrogen functional groups attached to an aromatic ring is 1. The number of primary amides is 1. The van der Waals surface area contributed by atoms with Crippen LogP contribution in [0.5, 0.6) is 5.75 Å². The maximum Gasteiger partial charge on any atom is 0.249 e. The van der Waals surface area contributed by atoms with E-state index in [0.717, 1.165) is 0 Å². The van der Waals surface area contributed by atoms with Crippen molar-refractivity contribution in [1.29, 1.82) is 0 Å². The summed E-state index contributed by atoms with van der Waals surface area (Å²) in [7, 11) is -5.13. The van der Waals surface area contributed by atoms with Gasteiger partial charge in [0.05, 0.1) is 35.8 Å². The molecule has 0 saturated heterocycles. The normalized spacial score (nSPS) is 12.1. The second kappa shape index (κ2) is 12.0. The van der Waals surface area contributed by atoms with Crippen molar-refractivity contribution >= 4 is 54.5 Å². The number of hydrogen-bond acceptors (Lipinski definition) is 7. The molecule has 1 aromatic rings. The van der Waals surface area contributed by atoms with Gasteiger partial charge in [0.2, 0.25) is 5.91 Å². The van der Waals surface area contributed by atoms with Gasteiger partial charge in [0.25, 0.3) is 0 Å². The van der Waals surface area contributed by atoms with Crippen molar-refractivity contribution in [3.05, 3.63) is 22.8 Å².